The molecule has 0 rings (SSSR count). The van der Waals surface area contributed by atoms with Crippen LogP contribution in [0.15, 0.2) is 0 Å². The van der Waals surface area contributed by atoms with Crippen molar-refractivity contribution < 1.29 is 39.0 Å². The van der Waals surface area contributed by atoms with Crippen LogP contribution in [-0.4, -0.2) is 64.3 Å². The Morgan fingerprint density at radius 3 is 1.93 bits per heavy atom. The number of carboxylic acids is 2. The van der Waals surface area contributed by atoms with E-state index in [0.29, 0.717) is 0 Å². The van der Waals surface area contributed by atoms with Crippen molar-refractivity contribution >= 4 is 35.9 Å². The molecule has 0 heterocycles. The molecular weight excluding hydrogens is 362 g/mol. The molecule has 5 N–H and O–H groups in total. The normalized spacial score (nSPS) is 13.8. The Morgan fingerprint density at radius 1 is 0.926 bits per heavy atom. The smallest absolute Gasteiger partial charge is 0.305 e. The Morgan fingerprint density at radius 2 is 1.52 bits per heavy atom. The number of hydrogen-bond acceptors (Lipinski definition) is 6. The first-order valence-electron chi connectivity index (χ1n) is 8.24. The molecule has 3 amide bonds. The van der Waals surface area contributed by atoms with E-state index in [0.717, 1.165) is 6.92 Å². The minimum atomic E-state index is -1.28. The molecule has 0 fully saturated rings. The average Bonchev–Trinajstić information content (AvgIpc) is 2.53. The maximum Gasteiger partial charge on any atom is 0.305 e. The van der Waals surface area contributed by atoms with Crippen molar-refractivity contribution in [3.05, 3.63) is 0 Å². The molecule has 0 aliphatic heterocycles. The summed E-state index contributed by atoms with van der Waals surface area (Å²) in [6, 6.07) is -3.53. The lowest BCUT2D eigenvalue weighted by atomic mass is 10.0. The van der Waals surface area contributed by atoms with E-state index in [1.165, 1.54) is 0 Å². The molecule has 0 aromatic carbocycles. The molecule has 3 atom stereocenters. The molecule has 0 aromatic rings. The molecular formula is C16H25N3O8. The number of aldehydes is 1. The Hall–Kier alpha value is -2.98. The van der Waals surface area contributed by atoms with Crippen molar-refractivity contribution in [2.24, 2.45) is 5.92 Å². The molecule has 11 heteroatoms. The SMILES string of the molecule is CC(=O)NC(CCC(=O)O)C(=O)NC(C(=O)NC(C=O)CC(=O)O)C(C)C. The third kappa shape index (κ3) is 9.92. The second-order valence-electron chi connectivity index (χ2n) is 6.26. The van der Waals surface area contributed by atoms with Gasteiger partial charge >= 0.3 is 11.9 Å². The maximum absolute atomic E-state index is 12.4. The van der Waals surface area contributed by atoms with E-state index in [1.807, 2.05) is 0 Å². The van der Waals surface area contributed by atoms with Crippen molar-refractivity contribution in [3.8, 4) is 0 Å². The number of rotatable bonds is 12. The zero-order chi connectivity index (χ0) is 21.1. The monoisotopic (exact) mass is 387 g/mol. The molecule has 0 aliphatic rings. The highest BCUT2D eigenvalue weighted by molar-refractivity contribution is 5.93. The Kier molecular flexibility index (Phi) is 10.3. The van der Waals surface area contributed by atoms with Gasteiger partial charge in [0.05, 0.1) is 12.5 Å². The summed E-state index contributed by atoms with van der Waals surface area (Å²) < 4.78 is 0. The van der Waals surface area contributed by atoms with Crippen LogP contribution in [0.3, 0.4) is 0 Å². The molecule has 0 radical (unpaired) electrons. The number of amides is 3. The third-order valence-electron chi connectivity index (χ3n) is 3.47. The van der Waals surface area contributed by atoms with E-state index in [1.54, 1.807) is 13.8 Å². The first kappa shape index (κ1) is 24.0. The summed E-state index contributed by atoms with van der Waals surface area (Å²) in [6.45, 7) is 4.39. The zero-order valence-corrected chi connectivity index (χ0v) is 15.4. The molecule has 0 saturated heterocycles. The van der Waals surface area contributed by atoms with Crippen LogP contribution in [0, 0.1) is 5.92 Å². The highest BCUT2D eigenvalue weighted by atomic mass is 16.4. The fourth-order valence-corrected chi connectivity index (χ4v) is 2.16. The van der Waals surface area contributed by atoms with Crippen LogP contribution in [0.4, 0.5) is 0 Å². The lowest BCUT2D eigenvalue weighted by molar-refractivity contribution is -0.140. The molecule has 0 bridgehead atoms. The molecule has 0 saturated carbocycles. The average molecular weight is 387 g/mol. The van der Waals surface area contributed by atoms with Crippen LogP contribution in [0.5, 0.6) is 0 Å². The Balaban J connectivity index is 5.16. The molecule has 11 nitrogen and oxygen atoms in total. The van der Waals surface area contributed by atoms with Gasteiger partial charge in [-0.05, 0) is 12.3 Å². The predicted molar refractivity (Wildman–Crippen MR) is 91.5 cm³/mol. The predicted octanol–water partition coefficient (Wildman–Crippen LogP) is -1.34. The first-order valence-corrected chi connectivity index (χ1v) is 8.24. The molecule has 3 unspecified atom stereocenters. The lowest BCUT2D eigenvalue weighted by Crippen LogP contribution is -2.56. The molecule has 0 spiro atoms. The van der Waals surface area contributed by atoms with Crippen molar-refractivity contribution in [2.45, 2.75) is 58.2 Å². The van der Waals surface area contributed by atoms with Crippen molar-refractivity contribution in [1.82, 2.24) is 16.0 Å². The summed E-state index contributed by atoms with van der Waals surface area (Å²) in [5, 5.41) is 24.4. The minimum Gasteiger partial charge on any atom is -0.481 e. The van der Waals surface area contributed by atoms with Crippen LogP contribution in [0.1, 0.15) is 40.0 Å². The van der Waals surface area contributed by atoms with Gasteiger partial charge in [-0.2, -0.15) is 0 Å². The van der Waals surface area contributed by atoms with Crippen LogP contribution < -0.4 is 16.0 Å². The largest absolute Gasteiger partial charge is 0.481 e. The molecule has 27 heavy (non-hydrogen) atoms. The summed E-state index contributed by atoms with van der Waals surface area (Å²) >= 11 is 0. The standard InChI is InChI=1S/C16H25N3O8/c1-8(2)14(16(27)18-10(7-20)6-13(24)25)19-15(26)11(17-9(3)21)4-5-12(22)23/h7-8,10-11,14H,4-6H2,1-3H3,(H,17,21)(H,18,27)(H,19,26)(H,22,23)(H,24,25). The van der Waals surface area contributed by atoms with E-state index in [-0.39, 0.29) is 19.1 Å². The minimum absolute atomic E-state index is 0.177. The number of aliphatic carboxylic acids is 2. The Bertz CT molecular complexity index is 590. The molecule has 0 aromatic heterocycles. The van der Waals surface area contributed by atoms with Gasteiger partial charge in [0.1, 0.15) is 18.4 Å². The van der Waals surface area contributed by atoms with Crippen LogP contribution >= 0.6 is 0 Å². The van der Waals surface area contributed by atoms with Crippen molar-refractivity contribution in [2.75, 3.05) is 0 Å². The second kappa shape index (κ2) is 11.6. The highest BCUT2D eigenvalue weighted by Crippen LogP contribution is 2.06. The molecule has 0 aliphatic carbocycles. The van der Waals surface area contributed by atoms with Gasteiger partial charge in [0, 0.05) is 13.3 Å². The number of carboxylic acid groups (broad SMARTS) is 2. The van der Waals surface area contributed by atoms with Gasteiger partial charge in [0.25, 0.3) is 0 Å². The van der Waals surface area contributed by atoms with Crippen LogP contribution in [0.25, 0.3) is 0 Å². The lowest BCUT2D eigenvalue weighted by Gasteiger charge is -2.25. The van der Waals surface area contributed by atoms with Crippen LogP contribution in [0.2, 0.25) is 0 Å². The quantitative estimate of drug-likeness (QED) is 0.255. The van der Waals surface area contributed by atoms with Crippen molar-refractivity contribution in [1.29, 1.82) is 0 Å². The summed E-state index contributed by atoms with van der Waals surface area (Å²) in [4.78, 5) is 68.2. The summed E-state index contributed by atoms with van der Waals surface area (Å²) in [5.41, 5.74) is 0. The number of carbonyl (C=O) groups is 6. The third-order valence-corrected chi connectivity index (χ3v) is 3.47. The van der Waals surface area contributed by atoms with E-state index in [4.69, 9.17) is 10.2 Å². The van der Waals surface area contributed by atoms with Gasteiger partial charge in [-0.15, -0.1) is 0 Å². The van der Waals surface area contributed by atoms with E-state index < -0.39 is 60.1 Å². The number of hydrogen-bond donors (Lipinski definition) is 5. The van der Waals surface area contributed by atoms with Gasteiger partial charge in [0.15, 0.2) is 0 Å². The van der Waals surface area contributed by atoms with E-state index in [2.05, 4.69) is 16.0 Å². The van der Waals surface area contributed by atoms with Gasteiger partial charge in [-0.1, -0.05) is 13.8 Å². The highest BCUT2D eigenvalue weighted by Gasteiger charge is 2.30. The van der Waals surface area contributed by atoms with Crippen LogP contribution in [-0.2, 0) is 28.8 Å². The fourth-order valence-electron chi connectivity index (χ4n) is 2.16. The fraction of sp³-hybridized carbons (Fsp3) is 0.625. The first-order chi connectivity index (χ1) is 12.5. The topological polar surface area (TPSA) is 179 Å². The number of nitrogens with one attached hydrogen (secondary N) is 3. The summed E-state index contributed by atoms with van der Waals surface area (Å²) in [5.74, 6) is -4.94. The van der Waals surface area contributed by atoms with E-state index in [9.17, 15) is 28.8 Å². The Labute approximate surface area is 155 Å². The zero-order valence-electron chi connectivity index (χ0n) is 15.4. The van der Waals surface area contributed by atoms with Gasteiger partial charge < -0.3 is 31.0 Å². The van der Waals surface area contributed by atoms with Gasteiger partial charge in [-0.3, -0.25) is 24.0 Å². The van der Waals surface area contributed by atoms with Gasteiger partial charge in [0.2, 0.25) is 17.7 Å². The van der Waals surface area contributed by atoms with Crippen molar-refractivity contribution in [3.63, 3.8) is 0 Å². The molecule has 152 valence electrons. The summed E-state index contributed by atoms with van der Waals surface area (Å²) in [6.07, 6.45) is -0.884. The van der Waals surface area contributed by atoms with E-state index >= 15 is 0 Å². The number of carbonyl (C=O) groups excluding carboxylic acids is 4. The summed E-state index contributed by atoms with van der Waals surface area (Å²) in [7, 11) is 0. The maximum atomic E-state index is 12.4. The second-order valence-corrected chi connectivity index (χ2v) is 6.26. The van der Waals surface area contributed by atoms with Gasteiger partial charge in [-0.25, -0.2) is 0 Å².